The Morgan fingerprint density at radius 2 is 2.12 bits per heavy atom. The second kappa shape index (κ2) is 5.20. The molecular formula is C10H12F3NO3. The molecular weight excluding hydrogens is 239 g/mol. The first kappa shape index (κ1) is 13.5. The number of carbonyl (C=O) groups excluding carboxylic acids is 1. The standard InChI is InChI=1S/C10H12F3NO3/c1-3-16-9(15)8-6(2)14-7(17-8)4-5-10(11,12)13/h3-5H2,1-2H3. The fourth-order valence-corrected chi connectivity index (χ4v) is 1.19. The molecule has 0 fully saturated rings. The Labute approximate surface area is 95.8 Å². The number of oxazole rings is 1. The average molecular weight is 251 g/mol. The van der Waals surface area contributed by atoms with Crippen molar-refractivity contribution in [2.75, 3.05) is 6.61 Å². The molecule has 7 heteroatoms. The van der Waals surface area contributed by atoms with E-state index in [1.54, 1.807) is 6.92 Å². The predicted octanol–water partition coefficient (Wildman–Crippen LogP) is 2.65. The Bertz CT molecular complexity index is 398. The van der Waals surface area contributed by atoms with Crippen molar-refractivity contribution in [1.29, 1.82) is 0 Å². The summed E-state index contributed by atoms with van der Waals surface area (Å²) in [5.41, 5.74) is 0.237. The normalized spacial score (nSPS) is 11.6. The number of ether oxygens (including phenoxy) is 1. The maximum Gasteiger partial charge on any atom is 0.389 e. The first-order valence-corrected chi connectivity index (χ1v) is 5.03. The van der Waals surface area contributed by atoms with Gasteiger partial charge in [-0.3, -0.25) is 0 Å². The van der Waals surface area contributed by atoms with Crippen LogP contribution in [0.4, 0.5) is 13.2 Å². The molecule has 0 radical (unpaired) electrons. The van der Waals surface area contributed by atoms with Crippen LogP contribution in [0.25, 0.3) is 0 Å². The number of esters is 1. The third kappa shape index (κ3) is 4.08. The number of nitrogens with zero attached hydrogens (tertiary/aromatic N) is 1. The van der Waals surface area contributed by atoms with Crippen LogP contribution in [0, 0.1) is 6.92 Å². The van der Waals surface area contributed by atoms with Gasteiger partial charge < -0.3 is 9.15 Å². The molecule has 0 amide bonds. The lowest BCUT2D eigenvalue weighted by molar-refractivity contribution is -0.134. The summed E-state index contributed by atoms with van der Waals surface area (Å²) in [6.07, 6.45) is -5.69. The van der Waals surface area contributed by atoms with E-state index in [-0.39, 0.29) is 30.4 Å². The van der Waals surface area contributed by atoms with Crippen molar-refractivity contribution in [2.24, 2.45) is 0 Å². The molecule has 4 nitrogen and oxygen atoms in total. The van der Waals surface area contributed by atoms with Gasteiger partial charge in [-0.05, 0) is 13.8 Å². The molecule has 0 saturated carbocycles. The maximum absolute atomic E-state index is 12.0. The van der Waals surface area contributed by atoms with Gasteiger partial charge in [-0.2, -0.15) is 13.2 Å². The minimum absolute atomic E-state index is 0.108. The summed E-state index contributed by atoms with van der Waals surface area (Å²) in [5, 5.41) is 0. The zero-order valence-corrected chi connectivity index (χ0v) is 9.43. The molecule has 96 valence electrons. The molecule has 0 aliphatic rings. The minimum atomic E-state index is -4.27. The number of alkyl halides is 3. The lowest BCUT2D eigenvalue weighted by atomic mass is 10.3. The number of hydrogen-bond acceptors (Lipinski definition) is 4. The first-order valence-electron chi connectivity index (χ1n) is 5.03. The number of carbonyl (C=O) groups is 1. The van der Waals surface area contributed by atoms with Crippen molar-refractivity contribution in [2.45, 2.75) is 32.9 Å². The van der Waals surface area contributed by atoms with E-state index < -0.39 is 18.6 Å². The molecule has 0 atom stereocenters. The first-order chi connectivity index (χ1) is 7.83. The quantitative estimate of drug-likeness (QED) is 0.772. The number of hydrogen-bond donors (Lipinski definition) is 0. The molecule has 0 aliphatic carbocycles. The molecule has 0 unspecified atom stereocenters. The van der Waals surface area contributed by atoms with Crippen molar-refractivity contribution in [3.63, 3.8) is 0 Å². The molecule has 1 heterocycles. The van der Waals surface area contributed by atoms with E-state index in [0.29, 0.717) is 0 Å². The fraction of sp³-hybridized carbons (Fsp3) is 0.600. The van der Waals surface area contributed by atoms with Crippen LogP contribution < -0.4 is 0 Å². The molecule has 1 rings (SSSR count). The summed E-state index contributed by atoms with van der Waals surface area (Å²) in [4.78, 5) is 15.1. The van der Waals surface area contributed by atoms with Crippen molar-refractivity contribution >= 4 is 5.97 Å². The summed E-state index contributed by atoms with van der Waals surface area (Å²) in [7, 11) is 0. The summed E-state index contributed by atoms with van der Waals surface area (Å²) in [6, 6.07) is 0. The SMILES string of the molecule is CCOC(=O)c1oc(CCC(F)(F)F)nc1C. The van der Waals surface area contributed by atoms with Gasteiger partial charge >= 0.3 is 12.1 Å². The Kier molecular flexibility index (Phi) is 4.14. The second-order valence-corrected chi connectivity index (χ2v) is 3.36. The van der Waals surface area contributed by atoms with Gasteiger partial charge in [-0.1, -0.05) is 0 Å². The summed E-state index contributed by atoms with van der Waals surface area (Å²) in [6.45, 7) is 3.26. The second-order valence-electron chi connectivity index (χ2n) is 3.36. The molecule has 0 saturated heterocycles. The molecule has 0 bridgehead atoms. The van der Waals surface area contributed by atoms with Crippen LogP contribution in [-0.2, 0) is 11.2 Å². The molecule has 1 aromatic rings. The highest BCUT2D eigenvalue weighted by molar-refractivity contribution is 5.87. The van der Waals surface area contributed by atoms with Crippen LogP contribution in [0.2, 0.25) is 0 Å². The zero-order valence-electron chi connectivity index (χ0n) is 9.43. The van der Waals surface area contributed by atoms with Gasteiger partial charge in [0.2, 0.25) is 5.76 Å². The van der Waals surface area contributed by atoms with Crippen LogP contribution in [0.5, 0.6) is 0 Å². The highest BCUT2D eigenvalue weighted by Gasteiger charge is 2.28. The van der Waals surface area contributed by atoms with E-state index in [1.807, 2.05) is 0 Å². The van der Waals surface area contributed by atoms with E-state index in [9.17, 15) is 18.0 Å². The van der Waals surface area contributed by atoms with Gasteiger partial charge in [-0.25, -0.2) is 9.78 Å². The molecule has 0 aromatic carbocycles. The van der Waals surface area contributed by atoms with Gasteiger partial charge in [-0.15, -0.1) is 0 Å². The van der Waals surface area contributed by atoms with Gasteiger partial charge in [0.25, 0.3) is 0 Å². The third-order valence-corrected chi connectivity index (χ3v) is 1.92. The molecule has 0 aliphatic heterocycles. The topological polar surface area (TPSA) is 52.3 Å². The lowest BCUT2D eigenvalue weighted by Crippen LogP contribution is -2.08. The Morgan fingerprint density at radius 1 is 1.47 bits per heavy atom. The number of rotatable bonds is 4. The Morgan fingerprint density at radius 3 is 2.65 bits per heavy atom. The van der Waals surface area contributed by atoms with E-state index in [2.05, 4.69) is 9.72 Å². The maximum atomic E-state index is 12.0. The molecule has 1 aromatic heterocycles. The average Bonchev–Trinajstić information content (AvgIpc) is 2.56. The largest absolute Gasteiger partial charge is 0.460 e. The smallest absolute Gasteiger partial charge is 0.389 e. The van der Waals surface area contributed by atoms with Crippen LogP contribution in [0.3, 0.4) is 0 Å². The van der Waals surface area contributed by atoms with E-state index >= 15 is 0 Å². The van der Waals surface area contributed by atoms with Crippen molar-refractivity contribution < 1.29 is 27.1 Å². The minimum Gasteiger partial charge on any atom is -0.460 e. The number of aryl methyl sites for hydroxylation is 2. The van der Waals surface area contributed by atoms with E-state index in [4.69, 9.17) is 4.42 Å². The van der Waals surface area contributed by atoms with Gasteiger partial charge in [0.15, 0.2) is 5.89 Å². The summed E-state index contributed by atoms with van der Waals surface area (Å²) in [5.74, 6) is -0.956. The van der Waals surface area contributed by atoms with E-state index in [1.165, 1.54) is 6.92 Å². The Hall–Kier alpha value is -1.53. The lowest BCUT2D eigenvalue weighted by Gasteiger charge is -2.02. The van der Waals surface area contributed by atoms with Crippen molar-refractivity contribution in [1.82, 2.24) is 4.98 Å². The highest BCUT2D eigenvalue weighted by Crippen LogP contribution is 2.22. The third-order valence-electron chi connectivity index (χ3n) is 1.92. The van der Waals surface area contributed by atoms with Crippen LogP contribution in [0.1, 0.15) is 35.5 Å². The van der Waals surface area contributed by atoms with Crippen molar-refractivity contribution in [3.8, 4) is 0 Å². The van der Waals surface area contributed by atoms with Crippen molar-refractivity contribution in [3.05, 3.63) is 17.3 Å². The summed E-state index contributed by atoms with van der Waals surface area (Å²) >= 11 is 0. The van der Waals surface area contributed by atoms with Gasteiger partial charge in [0.05, 0.1) is 18.7 Å². The number of halogens is 3. The Balaban J connectivity index is 2.71. The predicted molar refractivity (Wildman–Crippen MR) is 51.6 cm³/mol. The van der Waals surface area contributed by atoms with E-state index in [0.717, 1.165) is 0 Å². The van der Waals surface area contributed by atoms with Gasteiger partial charge in [0.1, 0.15) is 0 Å². The molecule has 0 spiro atoms. The van der Waals surface area contributed by atoms with Crippen LogP contribution in [-0.4, -0.2) is 23.7 Å². The summed E-state index contributed by atoms with van der Waals surface area (Å²) < 4.78 is 45.5. The fourth-order valence-electron chi connectivity index (χ4n) is 1.19. The van der Waals surface area contributed by atoms with Gasteiger partial charge in [0, 0.05) is 6.42 Å². The van der Waals surface area contributed by atoms with Crippen LogP contribution in [0.15, 0.2) is 4.42 Å². The van der Waals surface area contributed by atoms with Crippen LogP contribution >= 0.6 is 0 Å². The molecule has 0 N–H and O–H groups in total. The highest BCUT2D eigenvalue weighted by atomic mass is 19.4. The zero-order chi connectivity index (χ0) is 13.1. The number of aromatic nitrogens is 1. The molecule has 17 heavy (non-hydrogen) atoms. The monoisotopic (exact) mass is 251 g/mol.